The van der Waals surface area contributed by atoms with E-state index in [1.165, 1.54) is 22.3 Å². The Kier molecular flexibility index (Phi) is 4.09. The Morgan fingerprint density at radius 2 is 2.24 bits per heavy atom. The van der Waals surface area contributed by atoms with Gasteiger partial charge in [-0.1, -0.05) is 48.9 Å². The van der Waals surface area contributed by atoms with Gasteiger partial charge in [-0.15, -0.1) is 0 Å². The van der Waals surface area contributed by atoms with E-state index in [1.54, 1.807) is 0 Å². The Labute approximate surface area is 125 Å². The van der Waals surface area contributed by atoms with Crippen LogP contribution in [-0.2, 0) is 4.74 Å². The summed E-state index contributed by atoms with van der Waals surface area (Å²) in [5.41, 5.74) is 5.34. The highest BCUT2D eigenvalue weighted by atomic mass is 16.5. The first-order valence-corrected chi connectivity index (χ1v) is 7.70. The van der Waals surface area contributed by atoms with Crippen LogP contribution in [0.5, 0.6) is 0 Å². The molecule has 1 aromatic rings. The van der Waals surface area contributed by atoms with E-state index in [0.717, 1.165) is 19.3 Å². The smallest absolute Gasteiger partial charge is 0.407 e. The molecule has 1 unspecified atom stereocenters. The Morgan fingerprint density at radius 3 is 3.10 bits per heavy atom. The number of nitrogens with one attached hydrogen (secondary N) is 1. The van der Waals surface area contributed by atoms with Crippen molar-refractivity contribution in [2.24, 2.45) is 0 Å². The minimum Gasteiger partial charge on any atom is -0.449 e. The van der Waals surface area contributed by atoms with E-state index in [-0.39, 0.29) is 12.0 Å². The number of rotatable bonds is 4. The highest BCUT2D eigenvalue weighted by Crippen LogP contribution is 2.46. The van der Waals surface area contributed by atoms with Crippen molar-refractivity contribution < 1.29 is 9.53 Å². The van der Waals surface area contributed by atoms with Crippen LogP contribution in [0.1, 0.15) is 43.2 Å². The zero-order valence-corrected chi connectivity index (χ0v) is 12.4. The van der Waals surface area contributed by atoms with Gasteiger partial charge < -0.3 is 10.1 Å². The van der Waals surface area contributed by atoms with Crippen molar-refractivity contribution in [1.82, 2.24) is 5.32 Å². The van der Waals surface area contributed by atoms with Crippen molar-refractivity contribution in [2.45, 2.75) is 32.1 Å². The summed E-state index contributed by atoms with van der Waals surface area (Å²) in [6, 6.07) is 8.45. The first kappa shape index (κ1) is 13.9. The minimum absolute atomic E-state index is 0.216. The number of hydrogen-bond donors (Lipinski definition) is 1. The topological polar surface area (TPSA) is 38.3 Å². The molecule has 21 heavy (non-hydrogen) atoms. The molecule has 0 aliphatic heterocycles. The van der Waals surface area contributed by atoms with Gasteiger partial charge in [0, 0.05) is 12.5 Å². The van der Waals surface area contributed by atoms with Gasteiger partial charge in [0.15, 0.2) is 0 Å². The van der Waals surface area contributed by atoms with Crippen LogP contribution in [0, 0.1) is 0 Å². The fraction of sp³-hybridized carbons (Fsp3) is 0.389. The number of benzene rings is 1. The maximum atomic E-state index is 11.7. The molecule has 0 aromatic heterocycles. The van der Waals surface area contributed by atoms with Gasteiger partial charge in [0.1, 0.15) is 6.61 Å². The first-order chi connectivity index (χ1) is 10.3. The minimum atomic E-state index is -0.310. The molecule has 1 atom stereocenters. The summed E-state index contributed by atoms with van der Waals surface area (Å²) in [4.78, 5) is 11.7. The molecule has 2 aliphatic carbocycles. The third kappa shape index (κ3) is 2.73. The molecule has 1 aromatic carbocycles. The highest BCUT2D eigenvalue weighted by Gasteiger charge is 2.31. The second kappa shape index (κ2) is 6.17. The molecular weight excluding hydrogens is 262 g/mol. The third-order valence-electron chi connectivity index (χ3n) is 4.16. The lowest BCUT2D eigenvalue weighted by molar-refractivity contribution is 0.142. The summed E-state index contributed by atoms with van der Waals surface area (Å²) >= 11 is 0. The molecule has 110 valence electrons. The normalized spacial score (nSPS) is 19.2. The van der Waals surface area contributed by atoms with Crippen molar-refractivity contribution in [1.29, 1.82) is 0 Å². The van der Waals surface area contributed by atoms with E-state index in [4.69, 9.17) is 4.74 Å². The van der Waals surface area contributed by atoms with Crippen molar-refractivity contribution >= 4 is 11.7 Å². The predicted octanol–water partition coefficient (Wildman–Crippen LogP) is 4.02. The summed E-state index contributed by atoms with van der Waals surface area (Å²) in [6.07, 6.45) is 7.19. The summed E-state index contributed by atoms with van der Waals surface area (Å²) < 4.78 is 5.43. The van der Waals surface area contributed by atoms with E-state index in [9.17, 15) is 4.79 Å². The molecule has 2 aliphatic rings. The van der Waals surface area contributed by atoms with Crippen LogP contribution in [0.15, 0.2) is 42.0 Å². The number of allylic oxidation sites excluding steroid dienone is 3. The Bertz CT molecular complexity index is 601. The number of hydrogen-bond acceptors (Lipinski definition) is 2. The van der Waals surface area contributed by atoms with Crippen LogP contribution in [0.4, 0.5) is 4.79 Å². The maximum absolute atomic E-state index is 11.7. The molecule has 3 heteroatoms. The van der Waals surface area contributed by atoms with Crippen LogP contribution in [0.2, 0.25) is 0 Å². The molecule has 0 radical (unpaired) electrons. The van der Waals surface area contributed by atoms with Crippen molar-refractivity contribution in [3.63, 3.8) is 0 Å². The van der Waals surface area contributed by atoms with Crippen molar-refractivity contribution in [2.75, 3.05) is 13.2 Å². The zero-order valence-electron chi connectivity index (χ0n) is 12.4. The quantitative estimate of drug-likeness (QED) is 0.906. The van der Waals surface area contributed by atoms with Gasteiger partial charge in [-0.3, -0.25) is 0 Å². The van der Waals surface area contributed by atoms with E-state index >= 15 is 0 Å². The van der Waals surface area contributed by atoms with Gasteiger partial charge in [-0.05, 0) is 36.0 Å². The molecule has 1 N–H and O–H groups in total. The molecule has 0 fully saturated rings. The van der Waals surface area contributed by atoms with E-state index in [0.29, 0.717) is 13.2 Å². The summed E-state index contributed by atoms with van der Waals surface area (Å²) in [6.45, 7) is 3.12. The molecule has 0 spiro atoms. The molecule has 0 bridgehead atoms. The van der Waals surface area contributed by atoms with Crippen LogP contribution >= 0.6 is 0 Å². The number of fused-ring (bicyclic) bond motifs is 2. The van der Waals surface area contributed by atoms with Gasteiger partial charge in [0.25, 0.3) is 0 Å². The summed E-state index contributed by atoms with van der Waals surface area (Å²) in [5.74, 6) is 0.216. The zero-order chi connectivity index (χ0) is 14.7. The monoisotopic (exact) mass is 283 g/mol. The first-order valence-electron chi connectivity index (χ1n) is 7.70. The van der Waals surface area contributed by atoms with E-state index < -0.39 is 0 Å². The molecule has 0 heterocycles. The summed E-state index contributed by atoms with van der Waals surface area (Å²) in [5, 5.41) is 2.76. The van der Waals surface area contributed by atoms with Crippen LogP contribution in [0.3, 0.4) is 0 Å². The average molecular weight is 283 g/mol. The standard InChI is InChI=1S/C18H21NO2/c1-2-11-19-18(20)21-12-17-15-9-5-3-7-13(15)14-8-4-6-10-16(14)17/h3-5,7-9,17H,2,6,10-12H2,1H3,(H,19,20). The van der Waals surface area contributed by atoms with Gasteiger partial charge in [0.05, 0.1) is 0 Å². The largest absolute Gasteiger partial charge is 0.449 e. The number of carbonyl (C=O) groups is 1. The molecule has 3 nitrogen and oxygen atoms in total. The van der Waals surface area contributed by atoms with Crippen molar-refractivity contribution in [3.05, 3.63) is 53.1 Å². The average Bonchev–Trinajstić information content (AvgIpc) is 2.85. The fourth-order valence-electron chi connectivity index (χ4n) is 3.17. The number of ether oxygens (including phenoxy) is 1. The lowest BCUT2D eigenvalue weighted by atomic mass is 9.91. The Hall–Kier alpha value is -2.03. The number of carbonyl (C=O) groups excluding carboxylic acids is 1. The SMILES string of the molecule is CCCNC(=O)OCC1C2=C(C=CCC2)c2ccccc21. The predicted molar refractivity (Wildman–Crippen MR) is 84.1 cm³/mol. The fourth-order valence-corrected chi connectivity index (χ4v) is 3.17. The molecule has 0 saturated heterocycles. The second-order valence-corrected chi connectivity index (χ2v) is 5.55. The Morgan fingerprint density at radius 1 is 1.38 bits per heavy atom. The molecule has 0 saturated carbocycles. The lowest BCUT2D eigenvalue weighted by Crippen LogP contribution is -2.26. The molecular formula is C18H21NO2. The van der Waals surface area contributed by atoms with Gasteiger partial charge >= 0.3 is 6.09 Å². The highest BCUT2D eigenvalue weighted by molar-refractivity contribution is 5.85. The lowest BCUT2D eigenvalue weighted by Gasteiger charge is -2.18. The maximum Gasteiger partial charge on any atom is 0.407 e. The van der Waals surface area contributed by atoms with Gasteiger partial charge in [-0.2, -0.15) is 0 Å². The van der Waals surface area contributed by atoms with E-state index in [1.807, 2.05) is 6.92 Å². The Balaban J connectivity index is 1.76. The van der Waals surface area contributed by atoms with Crippen LogP contribution in [-0.4, -0.2) is 19.2 Å². The van der Waals surface area contributed by atoms with Gasteiger partial charge in [0.2, 0.25) is 0 Å². The van der Waals surface area contributed by atoms with Crippen molar-refractivity contribution in [3.8, 4) is 0 Å². The van der Waals surface area contributed by atoms with Crippen LogP contribution < -0.4 is 5.32 Å². The second-order valence-electron chi connectivity index (χ2n) is 5.55. The van der Waals surface area contributed by atoms with E-state index in [2.05, 4.69) is 41.7 Å². The van der Waals surface area contributed by atoms with Crippen LogP contribution in [0.25, 0.3) is 5.57 Å². The number of amides is 1. The summed E-state index contributed by atoms with van der Waals surface area (Å²) in [7, 11) is 0. The number of alkyl carbamates (subject to hydrolysis) is 1. The molecule has 3 rings (SSSR count). The molecule has 1 amide bonds. The third-order valence-corrected chi connectivity index (χ3v) is 4.16. The van der Waals surface area contributed by atoms with Gasteiger partial charge in [-0.25, -0.2) is 4.79 Å².